The molecule has 0 atom stereocenters. The number of anilines is 2. The summed E-state index contributed by atoms with van der Waals surface area (Å²) >= 11 is 0. The topological polar surface area (TPSA) is 42.5 Å². The minimum absolute atomic E-state index is 0.703. The first-order valence-electron chi connectivity index (χ1n) is 13.5. The Morgan fingerprint density at radius 3 is 1.25 bits per heavy atom. The van der Waals surface area contributed by atoms with Crippen LogP contribution in [0.15, 0.2) is 121 Å². The number of benzene rings is 6. The fourth-order valence-electron chi connectivity index (χ4n) is 5.26. The standard InChI is InChI=1S/C36H32N2O2/c1-39-29-17-11-25(12-18-29)23-37-33-21-15-27-7-3-5-9-31(27)35(33)36-32-10-6-4-8-28(32)16-22-34(36)38-24-26-13-19-30(40-2)20-14-26/h3-22,37-38H,23-24H2,1-2H3. The van der Waals surface area contributed by atoms with Gasteiger partial charge >= 0.3 is 0 Å². The third kappa shape index (κ3) is 5.16. The normalized spacial score (nSPS) is 10.9. The molecule has 6 aromatic rings. The lowest BCUT2D eigenvalue weighted by atomic mass is 9.90. The molecule has 0 spiro atoms. The van der Waals surface area contributed by atoms with Crippen LogP contribution in [-0.4, -0.2) is 14.2 Å². The van der Waals surface area contributed by atoms with Crippen molar-refractivity contribution in [2.45, 2.75) is 13.1 Å². The van der Waals surface area contributed by atoms with Gasteiger partial charge in [0.25, 0.3) is 0 Å². The molecule has 40 heavy (non-hydrogen) atoms. The molecule has 0 heterocycles. The first-order chi connectivity index (χ1) is 19.7. The molecule has 4 heteroatoms. The number of rotatable bonds is 9. The van der Waals surface area contributed by atoms with Crippen molar-refractivity contribution in [2.24, 2.45) is 0 Å². The molecule has 0 aromatic heterocycles. The van der Waals surface area contributed by atoms with E-state index in [1.54, 1.807) is 14.2 Å². The Morgan fingerprint density at radius 1 is 0.450 bits per heavy atom. The molecular weight excluding hydrogens is 492 g/mol. The second-order valence-electron chi connectivity index (χ2n) is 9.82. The van der Waals surface area contributed by atoms with Crippen molar-refractivity contribution in [2.75, 3.05) is 24.9 Å². The number of ether oxygens (including phenoxy) is 2. The SMILES string of the molecule is COc1ccc(CNc2ccc3ccccc3c2-c2c(NCc3ccc(OC)cc3)ccc3ccccc23)cc1. The quantitative estimate of drug-likeness (QED) is 0.198. The Labute approximate surface area is 235 Å². The van der Waals surface area contributed by atoms with E-state index in [1.807, 2.05) is 24.3 Å². The lowest BCUT2D eigenvalue weighted by Crippen LogP contribution is -2.05. The summed E-state index contributed by atoms with van der Waals surface area (Å²) in [6.45, 7) is 1.41. The van der Waals surface area contributed by atoms with Gasteiger partial charge in [-0.2, -0.15) is 0 Å². The van der Waals surface area contributed by atoms with Crippen molar-refractivity contribution in [3.63, 3.8) is 0 Å². The summed E-state index contributed by atoms with van der Waals surface area (Å²) in [5.74, 6) is 1.72. The van der Waals surface area contributed by atoms with Gasteiger partial charge < -0.3 is 20.1 Å². The zero-order valence-corrected chi connectivity index (χ0v) is 22.8. The minimum atomic E-state index is 0.703. The summed E-state index contributed by atoms with van der Waals surface area (Å²) in [6, 6.07) is 42.5. The predicted molar refractivity (Wildman–Crippen MR) is 168 cm³/mol. The third-order valence-corrected chi connectivity index (χ3v) is 7.39. The molecule has 198 valence electrons. The summed E-state index contributed by atoms with van der Waals surface area (Å²) in [5.41, 5.74) is 6.96. The first-order valence-corrected chi connectivity index (χ1v) is 13.5. The molecule has 0 amide bonds. The number of nitrogens with one attached hydrogen (secondary N) is 2. The monoisotopic (exact) mass is 524 g/mol. The Hall–Kier alpha value is -4.96. The van der Waals surface area contributed by atoms with Crippen LogP contribution in [0.2, 0.25) is 0 Å². The molecule has 0 aliphatic carbocycles. The summed E-state index contributed by atoms with van der Waals surface area (Å²) in [4.78, 5) is 0. The van der Waals surface area contributed by atoms with E-state index >= 15 is 0 Å². The Balaban J connectivity index is 1.46. The Morgan fingerprint density at radius 2 is 0.850 bits per heavy atom. The second-order valence-corrected chi connectivity index (χ2v) is 9.82. The van der Waals surface area contributed by atoms with Crippen LogP contribution in [0.1, 0.15) is 11.1 Å². The number of hydrogen-bond acceptors (Lipinski definition) is 4. The number of hydrogen-bond donors (Lipinski definition) is 2. The van der Waals surface area contributed by atoms with Gasteiger partial charge in [0.15, 0.2) is 0 Å². The summed E-state index contributed by atoms with van der Waals surface area (Å²) in [6.07, 6.45) is 0. The molecule has 0 bridgehead atoms. The maximum absolute atomic E-state index is 5.34. The molecule has 0 unspecified atom stereocenters. The van der Waals surface area contributed by atoms with Gasteiger partial charge in [0.05, 0.1) is 14.2 Å². The van der Waals surface area contributed by atoms with E-state index in [0.29, 0.717) is 13.1 Å². The second kappa shape index (κ2) is 11.4. The van der Waals surface area contributed by atoms with Crippen LogP contribution in [0.5, 0.6) is 11.5 Å². The lowest BCUT2D eigenvalue weighted by Gasteiger charge is -2.21. The van der Waals surface area contributed by atoms with Gasteiger partial charge in [0.2, 0.25) is 0 Å². The highest BCUT2D eigenvalue weighted by atomic mass is 16.5. The summed E-state index contributed by atoms with van der Waals surface area (Å²) < 4.78 is 10.7. The molecule has 0 aliphatic rings. The van der Waals surface area contributed by atoms with E-state index in [4.69, 9.17) is 9.47 Å². The minimum Gasteiger partial charge on any atom is -0.497 e. The molecule has 4 nitrogen and oxygen atoms in total. The van der Waals surface area contributed by atoms with Crippen LogP contribution in [-0.2, 0) is 13.1 Å². The van der Waals surface area contributed by atoms with Crippen molar-refractivity contribution in [1.29, 1.82) is 0 Å². The molecule has 6 aromatic carbocycles. The van der Waals surface area contributed by atoms with Crippen LogP contribution in [0.3, 0.4) is 0 Å². The maximum Gasteiger partial charge on any atom is 0.118 e. The van der Waals surface area contributed by atoms with Gasteiger partial charge in [0, 0.05) is 35.6 Å². The van der Waals surface area contributed by atoms with Crippen molar-refractivity contribution < 1.29 is 9.47 Å². The zero-order valence-electron chi connectivity index (χ0n) is 22.8. The molecule has 6 rings (SSSR count). The summed E-state index contributed by atoms with van der Waals surface area (Å²) in [7, 11) is 3.39. The van der Waals surface area contributed by atoms with Crippen molar-refractivity contribution >= 4 is 32.9 Å². The van der Waals surface area contributed by atoms with Gasteiger partial charge in [-0.15, -0.1) is 0 Å². The van der Waals surface area contributed by atoms with Crippen LogP contribution in [0, 0.1) is 0 Å². The molecule has 2 N–H and O–H groups in total. The lowest BCUT2D eigenvalue weighted by molar-refractivity contribution is 0.414. The van der Waals surface area contributed by atoms with Crippen LogP contribution >= 0.6 is 0 Å². The van der Waals surface area contributed by atoms with Crippen molar-refractivity contribution in [3.8, 4) is 22.6 Å². The predicted octanol–water partition coefficient (Wildman–Crippen LogP) is 8.90. The Kier molecular flexibility index (Phi) is 7.23. The smallest absolute Gasteiger partial charge is 0.118 e. The first kappa shape index (κ1) is 25.3. The average molecular weight is 525 g/mol. The van der Waals surface area contributed by atoms with E-state index in [0.717, 1.165) is 22.9 Å². The highest BCUT2D eigenvalue weighted by Crippen LogP contribution is 2.43. The molecule has 0 aliphatic heterocycles. The van der Waals surface area contributed by atoms with Gasteiger partial charge in [-0.05, 0) is 69.1 Å². The number of methoxy groups -OCH3 is 2. The highest BCUT2D eigenvalue weighted by molar-refractivity contribution is 6.13. The fourth-order valence-corrected chi connectivity index (χ4v) is 5.26. The van der Waals surface area contributed by atoms with Gasteiger partial charge in [0.1, 0.15) is 11.5 Å². The molecule has 0 radical (unpaired) electrons. The van der Waals surface area contributed by atoms with Gasteiger partial charge in [-0.25, -0.2) is 0 Å². The van der Waals surface area contributed by atoms with E-state index < -0.39 is 0 Å². The molecule has 0 saturated heterocycles. The van der Waals surface area contributed by atoms with Crippen LogP contribution in [0.4, 0.5) is 11.4 Å². The van der Waals surface area contributed by atoms with Crippen LogP contribution in [0.25, 0.3) is 32.7 Å². The van der Waals surface area contributed by atoms with E-state index in [1.165, 1.54) is 43.8 Å². The fraction of sp³-hybridized carbons (Fsp3) is 0.111. The largest absolute Gasteiger partial charge is 0.497 e. The molecule has 0 fully saturated rings. The van der Waals surface area contributed by atoms with Gasteiger partial charge in [-0.3, -0.25) is 0 Å². The third-order valence-electron chi connectivity index (χ3n) is 7.39. The average Bonchev–Trinajstić information content (AvgIpc) is 3.03. The number of fused-ring (bicyclic) bond motifs is 2. The zero-order chi connectivity index (χ0) is 27.3. The molecule has 0 saturated carbocycles. The van der Waals surface area contributed by atoms with Crippen molar-refractivity contribution in [3.05, 3.63) is 132 Å². The van der Waals surface area contributed by atoms with Gasteiger partial charge in [-0.1, -0.05) is 84.9 Å². The molecular formula is C36H32N2O2. The summed E-state index contributed by atoms with van der Waals surface area (Å²) in [5, 5.41) is 12.4. The van der Waals surface area contributed by atoms with E-state index in [-0.39, 0.29) is 0 Å². The maximum atomic E-state index is 5.34. The van der Waals surface area contributed by atoms with E-state index in [9.17, 15) is 0 Å². The highest BCUT2D eigenvalue weighted by Gasteiger charge is 2.17. The van der Waals surface area contributed by atoms with Crippen LogP contribution < -0.4 is 20.1 Å². The van der Waals surface area contributed by atoms with Crippen molar-refractivity contribution in [1.82, 2.24) is 0 Å². The van der Waals surface area contributed by atoms with E-state index in [2.05, 4.69) is 108 Å². The Bertz CT molecular complexity index is 1630.